The van der Waals surface area contributed by atoms with Gasteiger partial charge < -0.3 is 16.6 Å². The maximum Gasteiger partial charge on any atom is 0.328 e. The summed E-state index contributed by atoms with van der Waals surface area (Å²) in [4.78, 5) is 14.5. The zero-order valence-electron chi connectivity index (χ0n) is 7.19. The average Bonchev–Trinajstić information content (AvgIpc) is 2.04. The number of hydrogen-bond acceptors (Lipinski definition) is 4. The first-order chi connectivity index (χ1) is 5.96. The van der Waals surface area contributed by atoms with Gasteiger partial charge in [-0.05, 0) is 13.0 Å². The van der Waals surface area contributed by atoms with Crippen LogP contribution in [0.5, 0.6) is 0 Å². The second-order valence-corrected chi connectivity index (χ2v) is 2.97. The lowest BCUT2D eigenvalue weighted by Gasteiger charge is -2.20. The summed E-state index contributed by atoms with van der Waals surface area (Å²) in [7, 11) is 0. The van der Waals surface area contributed by atoms with E-state index >= 15 is 0 Å². The fourth-order valence-electron chi connectivity index (χ4n) is 0.995. The van der Waals surface area contributed by atoms with Gasteiger partial charge in [0.1, 0.15) is 5.54 Å². The molecular weight excluding hydrogens is 170 g/mol. The topological polar surface area (TPSA) is 102 Å². The Balaban J connectivity index is 3.22. The zero-order valence-corrected chi connectivity index (χ0v) is 7.19. The summed E-state index contributed by atoms with van der Waals surface area (Å²) >= 11 is 0. The smallest absolute Gasteiger partial charge is 0.328 e. The minimum absolute atomic E-state index is 0.287. The van der Waals surface area contributed by atoms with Gasteiger partial charge in [0.15, 0.2) is 0 Å². The Morgan fingerprint density at radius 3 is 2.77 bits per heavy atom. The fourth-order valence-corrected chi connectivity index (χ4v) is 0.995. The van der Waals surface area contributed by atoms with E-state index in [1.165, 1.54) is 25.4 Å². The second-order valence-electron chi connectivity index (χ2n) is 2.97. The molecule has 0 radical (unpaired) electrons. The minimum Gasteiger partial charge on any atom is -0.480 e. The van der Waals surface area contributed by atoms with Crippen LogP contribution in [-0.4, -0.2) is 16.1 Å². The molecule has 0 unspecified atom stereocenters. The van der Waals surface area contributed by atoms with Gasteiger partial charge in [-0.15, -0.1) is 0 Å². The van der Waals surface area contributed by atoms with Crippen molar-refractivity contribution in [1.82, 2.24) is 4.98 Å². The molecule has 0 saturated heterocycles. The number of nitrogens with two attached hydrogens (primary N) is 2. The number of nitrogens with zero attached hydrogens (tertiary/aromatic N) is 1. The number of aliphatic carboxylic acids is 1. The van der Waals surface area contributed by atoms with Crippen LogP contribution in [0, 0.1) is 0 Å². The second kappa shape index (κ2) is 3.02. The number of carboxylic acid groups (broad SMARTS) is 1. The molecule has 5 nitrogen and oxygen atoms in total. The van der Waals surface area contributed by atoms with Crippen molar-refractivity contribution in [1.29, 1.82) is 0 Å². The van der Waals surface area contributed by atoms with Crippen LogP contribution >= 0.6 is 0 Å². The third-order valence-corrected chi connectivity index (χ3v) is 1.86. The predicted octanol–water partition coefficient (Wildman–Crippen LogP) is -0.0777. The highest BCUT2D eigenvalue weighted by Gasteiger charge is 2.31. The largest absolute Gasteiger partial charge is 0.480 e. The van der Waals surface area contributed by atoms with Crippen LogP contribution in [0.2, 0.25) is 0 Å². The number of hydrogen-bond donors (Lipinski definition) is 3. The molecule has 1 aromatic rings. The van der Waals surface area contributed by atoms with E-state index in [0.717, 1.165) is 0 Å². The molecule has 0 spiro atoms. The van der Waals surface area contributed by atoms with Crippen molar-refractivity contribution in [3.05, 3.63) is 24.0 Å². The van der Waals surface area contributed by atoms with Crippen LogP contribution in [0.4, 0.5) is 5.69 Å². The molecule has 0 aliphatic rings. The molecule has 0 fully saturated rings. The molecule has 13 heavy (non-hydrogen) atoms. The maximum atomic E-state index is 10.8. The summed E-state index contributed by atoms with van der Waals surface area (Å²) in [5.41, 5.74) is 10.3. The van der Waals surface area contributed by atoms with E-state index in [1.807, 2.05) is 0 Å². The Morgan fingerprint density at radius 2 is 2.31 bits per heavy atom. The Kier molecular flexibility index (Phi) is 2.20. The van der Waals surface area contributed by atoms with E-state index in [1.54, 1.807) is 0 Å². The van der Waals surface area contributed by atoms with E-state index in [2.05, 4.69) is 4.98 Å². The Hall–Kier alpha value is -1.62. The van der Waals surface area contributed by atoms with Crippen LogP contribution in [0.3, 0.4) is 0 Å². The first-order valence-electron chi connectivity index (χ1n) is 3.68. The fraction of sp³-hybridized carbons (Fsp3) is 0.250. The predicted molar refractivity (Wildman–Crippen MR) is 47.8 cm³/mol. The molecule has 1 aromatic heterocycles. The standard InChI is InChI=1S/C8H11N3O2/c1-8(10,7(12)13)5-2-3-11-4-6(5)9/h2-4H,9-10H2,1H3,(H,12,13)/t8-/m1/s1. The third kappa shape index (κ3) is 1.59. The quantitative estimate of drug-likeness (QED) is 0.592. The van der Waals surface area contributed by atoms with Crippen molar-refractivity contribution in [2.45, 2.75) is 12.5 Å². The number of aromatic nitrogens is 1. The summed E-state index contributed by atoms with van der Waals surface area (Å²) in [5.74, 6) is -1.12. The highest BCUT2D eigenvalue weighted by molar-refractivity contribution is 5.82. The molecule has 5 N–H and O–H groups in total. The number of anilines is 1. The van der Waals surface area contributed by atoms with E-state index < -0.39 is 11.5 Å². The van der Waals surface area contributed by atoms with Gasteiger partial charge >= 0.3 is 5.97 Å². The van der Waals surface area contributed by atoms with Crippen LogP contribution in [0.1, 0.15) is 12.5 Å². The third-order valence-electron chi connectivity index (χ3n) is 1.86. The average molecular weight is 181 g/mol. The van der Waals surface area contributed by atoms with Gasteiger partial charge in [-0.25, -0.2) is 4.79 Å². The molecule has 1 rings (SSSR count). The van der Waals surface area contributed by atoms with E-state index in [4.69, 9.17) is 16.6 Å². The van der Waals surface area contributed by atoms with Crippen molar-refractivity contribution in [2.75, 3.05) is 5.73 Å². The molecule has 1 heterocycles. The van der Waals surface area contributed by atoms with Gasteiger partial charge in [-0.3, -0.25) is 4.98 Å². The van der Waals surface area contributed by atoms with Crippen LogP contribution < -0.4 is 11.5 Å². The van der Waals surface area contributed by atoms with Gasteiger partial charge in [-0.1, -0.05) is 0 Å². The normalized spacial score (nSPS) is 14.9. The summed E-state index contributed by atoms with van der Waals surface area (Å²) < 4.78 is 0. The van der Waals surface area contributed by atoms with Crippen molar-refractivity contribution in [3.63, 3.8) is 0 Å². The van der Waals surface area contributed by atoms with Gasteiger partial charge in [-0.2, -0.15) is 0 Å². The molecule has 0 bridgehead atoms. The molecule has 5 heteroatoms. The lowest BCUT2D eigenvalue weighted by Crippen LogP contribution is -2.42. The van der Waals surface area contributed by atoms with Crippen LogP contribution in [-0.2, 0) is 10.3 Å². The van der Waals surface area contributed by atoms with Gasteiger partial charge in [0.05, 0.1) is 11.9 Å². The summed E-state index contributed by atoms with van der Waals surface area (Å²) in [6, 6.07) is 1.50. The highest BCUT2D eigenvalue weighted by Crippen LogP contribution is 2.22. The molecule has 0 saturated carbocycles. The van der Waals surface area contributed by atoms with Crippen molar-refractivity contribution >= 4 is 11.7 Å². The molecule has 1 atom stereocenters. The van der Waals surface area contributed by atoms with Gasteiger partial charge in [0.2, 0.25) is 0 Å². The highest BCUT2D eigenvalue weighted by atomic mass is 16.4. The van der Waals surface area contributed by atoms with Crippen molar-refractivity contribution < 1.29 is 9.90 Å². The van der Waals surface area contributed by atoms with E-state index in [-0.39, 0.29) is 5.69 Å². The van der Waals surface area contributed by atoms with E-state index in [9.17, 15) is 4.79 Å². The zero-order chi connectivity index (χ0) is 10.1. The number of rotatable bonds is 2. The lowest BCUT2D eigenvalue weighted by atomic mass is 9.93. The first kappa shape index (κ1) is 9.47. The number of carboxylic acids is 1. The maximum absolute atomic E-state index is 10.8. The number of pyridine rings is 1. The number of nitrogen functional groups attached to an aromatic ring is 1. The first-order valence-corrected chi connectivity index (χ1v) is 3.68. The molecular formula is C8H11N3O2. The lowest BCUT2D eigenvalue weighted by molar-refractivity contribution is -0.143. The van der Waals surface area contributed by atoms with Crippen molar-refractivity contribution in [3.8, 4) is 0 Å². The van der Waals surface area contributed by atoms with E-state index in [0.29, 0.717) is 5.56 Å². The number of carbonyl (C=O) groups is 1. The van der Waals surface area contributed by atoms with Gasteiger partial charge in [0, 0.05) is 11.8 Å². The molecule has 0 aliphatic carbocycles. The summed E-state index contributed by atoms with van der Waals surface area (Å²) in [5, 5.41) is 8.82. The molecule has 0 aliphatic heterocycles. The van der Waals surface area contributed by atoms with Crippen LogP contribution in [0.15, 0.2) is 18.5 Å². The Labute approximate surface area is 75.4 Å². The minimum atomic E-state index is -1.47. The Morgan fingerprint density at radius 1 is 1.69 bits per heavy atom. The molecule has 70 valence electrons. The molecule has 0 aromatic carbocycles. The van der Waals surface area contributed by atoms with Crippen molar-refractivity contribution in [2.24, 2.45) is 5.73 Å². The molecule has 0 amide bonds. The summed E-state index contributed by atoms with van der Waals surface area (Å²) in [6.07, 6.45) is 2.84. The Bertz CT molecular complexity index is 336. The summed E-state index contributed by atoms with van der Waals surface area (Å²) in [6.45, 7) is 1.39. The van der Waals surface area contributed by atoms with Gasteiger partial charge in [0.25, 0.3) is 0 Å². The SMILES string of the molecule is C[C@](N)(C(=O)O)c1ccncc1N. The monoisotopic (exact) mass is 181 g/mol. The van der Waals surface area contributed by atoms with Crippen LogP contribution in [0.25, 0.3) is 0 Å².